The van der Waals surface area contributed by atoms with Gasteiger partial charge in [0.2, 0.25) is 0 Å². The highest BCUT2D eigenvalue weighted by atomic mass is 16.3. The topological polar surface area (TPSA) is 55.1 Å². The Labute approximate surface area is 93.2 Å². The summed E-state index contributed by atoms with van der Waals surface area (Å²) in [5.41, 5.74) is 3.02. The second kappa shape index (κ2) is 4.28. The maximum atomic E-state index is 10.6. The first kappa shape index (κ1) is 10.6. The van der Waals surface area contributed by atoms with Crippen molar-refractivity contribution in [3.63, 3.8) is 0 Å². The number of benzene rings is 1. The van der Waals surface area contributed by atoms with Gasteiger partial charge in [0.25, 0.3) is 0 Å². The van der Waals surface area contributed by atoms with E-state index in [1.807, 2.05) is 17.7 Å². The Kier molecular flexibility index (Phi) is 2.83. The average molecular weight is 216 g/mol. The zero-order valence-electron chi connectivity index (χ0n) is 8.92. The average Bonchev–Trinajstić information content (AvgIpc) is 2.74. The molecular weight excluding hydrogens is 204 g/mol. The number of rotatable bonds is 3. The highest BCUT2D eigenvalue weighted by Crippen LogP contribution is 2.16. The van der Waals surface area contributed by atoms with Crippen molar-refractivity contribution >= 4 is 6.29 Å². The van der Waals surface area contributed by atoms with Gasteiger partial charge in [-0.1, -0.05) is 0 Å². The molecule has 0 spiro atoms. The Morgan fingerprint density at radius 1 is 1.50 bits per heavy atom. The molecule has 0 aliphatic heterocycles. The minimum absolute atomic E-state index is 0.103. The van der Waals surface area contributed by atoms with Crippen molar-refractivity contribution < 1.29 is 9.90 Å². The van der Waals surface area contributed by atoms with E-state index >= 15 is 0 Å². The number of carbonyl (C=O) groups excluding carboxylic acids is 1. The molecule has 0 bridgehead atoms. The Hall–Kier alpha value is -1.94. The molecule has 82 valence electrons. The predicted molar refractivity (Wildman–Crippen MR) is 59.6 cm³/mol. The SMILES string of the molecule is Cc1cn(-c2ccc(C=O)cc2CO)cn1. The number of hydrogen-bond acceptors (Lipinski definition) is 3. The van der Waals surface area contributed by atoms with Crippen LogP contribution in [0.2, 0.25) is 0 Å². The van der Waals surface area contributed by atoms with E-state index < -0.39 is 0 Å². The zero-order valence-corrected chi connectivity index (χ0v) is 8.92. The summed E-state index contributed by atoms with van der Waals surface area (Å²) >= 11 is 0. The number of imidazole rings is 1. The third-order valence-corrected chi connectivity index (χ3v) is 2.40. The van der Waals surface area contributed by atoms with Gasteiger partial charge in [0, 0.05) is 17.3 Å². The molecule has 0 saturated heterocycles. The van der Waals surface area contributed by atoms with Crippen molar-refractivity contribution in [3.05, 3.63) is 47.5 Å². The van der Waals surface area contributed by atoms with Crippen LogP contribution in [0.25, 0.3) is 5.69 Å². The Bertz CT molecular complexity index is 517. The van der Waals surface area contributed by atoms with Gasteiger partial charge in [0.1, 0.15) is 6.29 Å². The summed E-state index contributed by atoms with van der Waals surface area (Å²) in [6, 6.07) is 5.20. The van der Waals surface area contributed by atoms with Gasteiger partial charge in [-0.05, 0) is 25.1 Å². The van der Waals surface area contributed by atoms with Gasteiger partial charge in [-0.25, -0.2) is 4.98 Å². The standard InChI is InChI=1S/C12H12N2O2/c1-9-5-14(8-13-9)12-3-2-10(6-15)4-11(12)7-16/h2-6,8,16H,7H2,1H3. The molecule has 2 aromatic rings. The lowest BCUT2D eigenvalue weighted by Crippen LogP contribution is -1.98. The summed E-state index contributed by atoms with van der Waals surface area (Å²) in [4.78, 5) is 14.7. The van der Waals surface area contributed by atoms with Crippen LogP contribution in [0.15, 0.2) is 30.7 Å². The number of aryl methyl sites for hydroxylation is 1. The fourth-order valence-electron chi connectivity index (χ4n) is 1.61. The maximum Gasteiger partial charge on any atom is 0.150 e. The van der Waals surface area contributed by atoms with Crippen molar-refractivity contribution in [1.29, 1.82) is 0 Å². The molecule has 0 amide bonds. The smallest absolute Gasteiger partial charge is 0.150 e. The van der Waals surface area contributed by atoms with Crippen molar-refractivity contribution in [3.8, 4) is 5.69 Å². The van der Waals surface area contributed by atoms with E-state index in [2.05, 4.69) is 4.98 Å². The zero-order chi connectivity index (χ0) is 11.5. The largest absolute Gasteiger partial charge is 0.392 e. The lowest BCUT2D eigenvalue weighted by molar-refractivity contribution is 0.112. The second-order valence-corrected chi connectivity index (χ2v) is 3.59. The van der Waals surface area contributed by atoms with E-state index in [4.69, 9.17) is 0 Å². The van der Waals surface area contributed by atoms with Gasteiger partial charge in [-0.3, -0.25) is 4.79 Å². The summed E-state index contributed by atoms with van der Waals surface area (Å²) < 4.78 is 1.83. The monoisotopic (exact) mass is 216 g/mol. The number of carbonyl (C=O) groups is 1. The highest BCUT2D eigenvalue weighted by Gasteiger charge is 2.05. The number of nitrogens with zero attached hydrogens (tertiary/aromatic N) is 2. The molecule has 16 heavy (non-hydrogen) atoms. The summed E-state index contributed by atoms with van der Waals surface area (Å²) in [5, 5.41) is 9.26. The first-order valence-electron chi connectivity index (χ1n) is 4.94. The fraction of sp³-hybridized carbons (Fsp3) is 0.167. The van der Waals surface area contributed by atoms with Crippen LogP contribution in [0.5, 0.6) is 0 Å². The predicted octanol–water partition coefficient (Wildman–Crippen LogP) is 1.49. The number of aromatic nitrogens is 2. The minimum atomic E-state index is -0.103. The second-order valence-electron chi connectivity index (χ2n) is 3.59. The van der Waals surface area contributed by atoms with E-state index in [1.54, 1.807) is 24.5 Å². The van der Waals surface area contributed by atoms with Crippen LogP contribution in [-0.2, 0) is 6.61 Å². The minimum Gasteiger partial charge on any atom is -0.392 e. The van der Waals surface area contributed by atoms with Crippen molar-refractivity contribution in [2.75, 3.05) is 0 Å². The molecule has 0 saturated carbocycles. The summed E-state index contributed by atoms with van der Waals surface area (Å²) in [5.74, 6) is 0. The molecule has 0 aliphatic rings. The fourth-order valence-corrected chi connectivity index (χ4v) is 1.61. The van der Waals surface area contributed by atoms with Gasteiger partial charge in [-0.15, -0.1) is 0 Å². The maximum absolute atomic E-state index is 10.6. The molecule has 1 heterocycles. The van der Waals surface area contributed by atoms with Gasteiger partial charge in [0.15, 0.2) is 0 Å². The van der Waals surface area contributed by atoms with Gasteiger partial charge in [0.05, 0.1) is 24.3 Å². The van der Waals surface area contributed by atoms with Crippen LogP contribution in [0.4, 0.5) is 0 Å². The Morgan fingerprint density at radius 2 is 2.31 bits per heavy atom. The molecule has 0 radical (unpaired) electrons. The molecule has 4 nitrogen and oxygen atoms in total. The Balaban J connectivity index is 2.52. The van der Waals surface area contributed by atoms with Crippen LogP contribution in [0.1, 0.15) is 21.6 Å². The van der Waals surface area contributed by atoms with Gasteiger partial charge < -0.3 is 9.67 Å². The lowest BCUT2D eigenvalue weighted by atomic mass is 10.1. The summed E-state index contributed by atoms with van der Waals surface area (Å²) in [6.45, 7) is 1.79. The van der Waals surface area contributed by atoms with Crippen LogP contribution in [0.3, 0.4) is 0 Å². The quantitative estimate of drug-likeness (QED) is 0.791. The van der Waals surface area contributed by atoms with E-state index in [0.717, 1.165) is 17.7 Å². The van der Waals surface area contributed by atoms with Crippen LogP contribution >= 0.6 is 0 Å². The molecule has 1 aromatic heterocycles. The van der Waals surface area contributed by atoms with Crippen LogP contribution in [0, 0.1) is 6.92 Å². The first-order chi connectivity index (χ1) is 7.74. The number of aliphatic hydroxyl groups excluding tert-OH is 1. The van der Waals surface area contributed by atoms with E-state index in [1.165, 1.54) is 0 Å². The van der Waals surface area contributed by atoms with E-state index in [0.29, 0.717) is 11.1 Å². The highest BCUT2D eigenvalue weighted by molar-refractivity contribution is 5.76. The van der Waals surface area contributed by atoms with E-state index in [9.17, 15) is 9.90 Å². The normalized spacial score (nSPS) is 10.4. The van der Waals surface area contributed by atoms with Crippen LogP contribution < -0.4 is 0 Å². The molecular formula is C12H12N2O2. The summed E-state index contributed by atoms with van der Waals surface area (Å²) in [6.07, 6.45) is 4.32. The molecule has 0 unspecified atom stereocenters. The third kappa shape index (κ3) is 1.87. The van der Waals surface area contributed by atoms with Gasteiger partial charge >= 0.3 is 0 Å². The molecule has 0 atom stereocenters. The van der Waals surface area contributed by atoms with Crippen LogP contribution in [-0.4, -0.2) is 20.9 Å². The lowest BCUT2D eigenvalue weighted by Gasteiger charge is -2.08. The molecule has 0 aliphatic carbocycles. The third-order valence-electron chi connectivity index (χ3n) is 2.40. The van der Waals surface area contributed by atoms with Crippen molar-refractivity contribution in [2.24, 2.45) is 0 Å². The van der Waals surface area contributed by atoms with Crippen molar-refractivity contribution in [2.45, 2.75) is 13.5 Å². The number of hydrogen-bond donors (Lipinski definition) is 1. The van der Waals surface area contributed by atoms with Gasteiger partial charge in [-0.2, -0.15) is 0 Å². The number of aliphatic hydroxyl groups is 1. The summed E-state index contributed by atoms with van der Waals surface area (Å²) in [7, 11) is 0. The molecule has 1 N–H and O–H groups in total. The van der Waals surface area contributed by atoms with E-state index in [-0.39, 0.29) is 6.61 Å². The molecule has 4 heteroatoms. The molecule has 1 aromatic carbocycles. The first-order valence-corrected chi connectivity index (χ1v) is 4.94. The Morgan fingerprint density at radius 3 is 2.88 bits per heavy atom. The van der Waals surface area contributed by atoms with Crippen molar-refractivity contribution in [1.82, 2.24) is 9.55 Å². The molecule has 2 rings (SSSR count). The number of aldehydes is 1. The molecule has 0 fully saturated rings.